The van der Waals surface area contributed by atoms with Crippen molar-refractivity contribution in [1.82, 2.24) is 19.8 Å². The number of nitrogens with one attached hydrogen (secondary N) is 2. The Hall–Kier alpha value is -4.48. The summed E-state index contributed by atoms with van der Waals surface area (Å²) >= 11 is 0. The Morgan fingerprint density at radius 2 is 1.79 bits per heavy atom. The van der Waals surface area contributed by atoms with Crippen LogP contribution in [0.4, 0.5) is 0 Å². The Kier molecular flexibility index (Phi) is 5.59. The van der Waals surface area contributed by atoms with Gasteiger partial charge in [-0.2, -0.15) is 9.71 Å². The number of sulfonamides is 1. The Morgan fingerprint density at radius 3 is 2.54 bits per heavy atom. The molecule has 6 aromatic rings. The summed E-state index contributed by atoms with van der Waals surface area (Å²) in [6.45, 7) is 5.94. The lowest BCUT2D eigenvalue weighted by molar-refractivity contribution is -0.139. The quantitative estimate of drug-likeness (QED) is 0.248. The number of fused-ring (bicyclic) bond motifs is 4. The molecule has 0 amide bonds. The van der Waals surface area contributed by atoms with Crippen molar-refractivity contribution in [2.75, 3.05) is 0 Å². The minimum atomic E-state index is -4.22. The monoisotopic (exact) mass is 544 g/mol. The number of carboxylic acid groups (broad SMARTS) is 1. The molecule has 3 aromatic heterocycles. The van der Waals surface area contributed by atoms with Gasteiger partial charge in [-0.15, -0.1) is 0 Å². The topological polar surface area (TPSA) is 151 Å². The molecule has 0 bridgehead atoms. The SMILES string of the molecule is CC(C)(C)c1nc(-c2ccc3c(c2)oc2ccc(S(=O)(=O)N[C@H](C(=O)O)c4c[nH]c5ccccc45)cc23)no1. The first-order valence-corrected chi connectivity index (χ1v) is 13.6. The number of carboxylic acids is 1. The van der Waals surface area contributed by atoms with E-state index in [2.05, 4.69) is 19.8 Å². The fourth-order valence-corrected chi connectivity index (χ4v) is 5.71. The number of para-hydroxylation sites is 1. The predicted octanol–water partition coefficient (Wildman–Crippen LogP) is 5.52. The van der Waals surface area contributed by atoms with E-state index >= 15 is 0 Å². The number of hydrogen-bond donors (Lipinski definition) is 3. The van der Waals surface area contributed by atoms with Crippen LogP contribution in [0, 0.1) is 0 Å². The molecule has 10 nitrogen and oxygen atoms in total. The van der Waals surface area contributed by atoms with Crippen LogP contribution in [0.25, 0.3) is 44.2 Å². The Balaban J connectivity index is 1.36. The number of H-pyrrole nitrogens is 1. The van der Waals surface area contributed by atoms with E-state index in [0.717, 1.165) is 0 Å². The van der Waals surface area contributed by atoms with Gasteiger partial charge in [0, 0.05) is 44.4 Å². The van der Waals surface area contributed by atoms with Crippen molar-refractivity contribution in [3.63, 3.8) is 0 Å². The van der Waals surface area contributed by atoms with Gasteiger partial charge < -0.3 is 19.0 Å². The molecule has 0 unspecified atom stereocenters. The van der Waals surface area contributed by atoms with E-state index in [4.69, 9.17) is 8.94 Å². The molecule has 3 aromatic carbocycles. The zero-order valence-electron chi connectivity index (χ0n) is 21.2. The van der Waals surface area contributed by atoms with Crippen molar-refractivity contribution >= 4 is 48.8 Å². The molecule has 0 aliphatic carbocycles. The molecule has 0 saturated heterocycles. The molecule has 0 aliphatic rings. The fourth-order valence-electron chi connectivity index (χ4n) is 4.51. The van der Waals surface area contributed by atoms with Gasteiger partial charge in [-0.05, 0) is 36.4 Å². The first-order chi connectivity index (χ1) is 18.5. The van der Waals surface area contributed by atoms with Gasteiger partial charge in [0.1, 0.15) is 17.2 Å². The summed E-state index contributed by atoms with van der Waals surface area (Å²) in [4.78, 5) is 19.5. The molecule has 1 atom stereocenters. The van der Waals surface area contributed by atoms with E-state index in [1.165, 1.54) is 18.3 Å². The summed E-state index contributed by atoms with van der Waals surface area (Å²) in [6.07, 6.45) is 1.50. The smallest absolute Gasteiger partial charge is 0.326 e. The van der Waals surface area contributed by atoms with Gasteiger partial charge in [0.2, 0.25) is 21.7 Å². The summed E-state index contributed by atoms with van der Waals surface area (Å²) in [5.74, 6) is -0.384. The van der Waals surface area contributed by atoms with Gasteiger partial charge in [0.05, 0.1) is 4.90 Å². The molecular weight excluding hydrogens is 520 g/mol. The third kappa shape index (κ3) is 4.35. The van der Waals surface area contributed by atoms with Crippen LogP contribution in [-0.4, -0.2) is 34.6 Å². The maximum Gasteiger partial charge on any atom is 0.326 e. The summed E-state index contributed by atoms with van der Waals surface area (Å²) in [5, 5.41) is 15.8. The highest BCUT2D eigenvalue weighted by molar-refractivity contribution is 7.89. The average Bonchev–Trinajstić information content (AvgIpc) is 3.63. The van der Waals surface area contributed by atoms with Gasteiger partial charge >= 0.3 is 5.97 Å². The molecule has 0 radical (unpaired) electrons. The number of aromatic amines is 1. The number of benzene rings is 3. The number of hydrogen-bond acceptors (Lipinski definition) is 7. The molecule has 0 fully saturated rings. The Morgan fingerprint density at radius 1 is 1.00 bits per heavy atom. The van der Waals surface area contributed by atoms with Crippen LogP contribution in [-0.2, 0) is 20.2 Å². The molecule has 198 valence electrons. The number of rotatable bonds is 6. The molecule has 6 rings (SSSR count). The molecule has 3 heterocycles. The van der Waals surface area contributed by atoms with Crippen molar-refractivity contribution in [3.05, 3.63) is 78.3 Å². The standard InChI is InChI=1S/C28H24N4O6S/c1-28(2,3)27-30-25(31-38-27)15-8-10-18-19-13-16(9-11-22(19)37-23(18)12-15)39(35,36)32-24(26(33)34)20-14-29-21-7-5-4-6-17(20)21/h4-14,24,29,32H,1-3H3,(H,33,34)/t24-/m0/s1. The van der Waals surface area contributed by atoms with Gasteiger partial charge in [-0.25, -0.2) is 8.42 Å². The van der Waals surface area contributed by atoms with Crippen LogP contribution in [0.5, 0.6) is 0 Å². The molecule has 0 aliphatic heterocycles. The van der Waals surface area contributed by atoms with Crippen molar-refractivity contribution in [2.24, 2.45) is 0 Å². The largest absolute Gasteiger partial charge is 0.480 e. The minimum Gasteiger partial charge on any atom is -0.480 e. The average molecular weight is 545 g/mol. The van der Waals surface area contributed by atoms with Crippen LogP contribution in [0.2, 0.25) is 0 Å². The van der Waals surface area contributed by atoms with Crippen LogP contribution in [0.3, 0.4) is 0 Å². The number of nitrogens with zero attached hydrogens (tertiary/aromatic N) is 2. The van der Waals surface area contributed by atoms with Gasteiger partial charge in [0.25, 0.3) is 0 Å². The minimum absolute atomic E-state index is 0.0825. The molecule has 11 heteroatoms. The number of carbonyl (C=O) groups is 1. The zero-order chi connectivity index (χ0) is 27.5. The van der Waals surface area contributed by atoms with Crippen molar-refractivity contribution in [1.29, 1.82) is 0 Å². The second-order valence-corrected chi connectivity index (χ2v) is 12.0. The first-order valence-electron chi connectivity index (χ1n) is 12.1. The summed E-state index contributed by atoms with van der Waals surface area (Å²) in [7, 11) is -4.22. The van der Waals surface area contributed by atoms with E-state index < -0.39 is 22.0 Å². The molecule has 39 heavy (non-hydrogen) atoms. The van der Waals surface area contributed by atoms with Crippen LogP contribution in [0.15, 0.2) is 80.7 Å². The number of aromatic nitrogens is 3. The van der Waals surface area contributed by atoms with Gasteiger partial charge in [-0.1, -0.05) is 50.2 Å². The normalized spacial score (nSPS) is 13.4. The summed E-state index contributed by atoms with van der Waals surface area (Å²) in [5.41, 5.74) is 2.43. The molecule has 3 N–H and O–H groups in total. The maximum atomic E-state index is 13.4. The van der Waals surface area contributed by atoms with Crippen molar-refractivity contribution < 1.29 is 27.3 Å². The maximum absolute atomic E-state index is 13.4. The van der Waals surface area contributed by atoms with Crippen molar-refractivity contribution in [3.8, 4) is 11.4 Å². The second-order valence-electron chi connectivity index (χ2n) is 10.3. The zero-order valence-corrected chi connectivity index (χ0v) is 22.0. The Bertz CT molecular complexity index is 2000. The Labute approximate surface area is 222 Å². The first kappa shape index (κ1) is 24.8. The lowest BCUT2D eigenvalue weighted by atomic mass is 9.97. The lowest BCUT2D eigenvalue weighted by Gasteiger charge is -2.14. The van der Waals surface area contributed by atoms with Gasteiger partial charge in [0.15, 0.2) is 0 Å². The second kappa shape index (κ2) is 8.79. The summed E-state index contributed by atoms with van der Waals surface area (Å²) < 4.78 is 40.4. The lowest BCUT2D eigenvalue weighted by Crippen LogP contribution is -2.33. The van der Waals surface area contributed by atoms with Crippen LogP contribution in [0.1, 0.15) is 38.3 Å². The predicted molar refractivity (Wildman–Crippen MR) is 145 cm³/mol. The van der Waals surface area contributed by atoms with Gasteiger partial charge in [-0.3, -0.25) is 4.79 Å². The summed E-state index contributed by atoms with van der Waals surface area (Å²) in [6, 6.07) is 15.4. The van der Waals surface area contributed by atoms with Crippen molar-refractivity contribution in [2.45, 2.75) is 37.1 Å². The van der Waals surface area contributed by atoms with Crippen LogP contribution < -0.4 is 4.72 Å². The number of aliphatic carboxylic acids is 1. The number of furan rings is 1. The van der Waals surface area contributed by atoms with E-state index in [1.807, 2.05) is 26.8 Å². The molecular formula is C28H24N4O6S. The fraction of sp³-hybridized carbons (Fsp3) is 0.179. The highest BCUT2D eigenvalue weighted by atomic mass is 32.2. The van der Waals surface area contributed by atoms with E-state index in [0.29, 0.717) is 55.7 Å². The van der Waals surface area contributed by atoms with Crippen LogP contribution >= 0.6 is 0 Å². The van der Waals surface area contributed by atoms with E-state index in [9.17, 15) is 18.3 Å². The highest BCUT2D eigenvalue weighted by Gasteiger charge is 2.29. The molecule has 0 saturated carbocycles. The third-order valence-electron chi connectivity index (χ3n) is 6.53. The highest BCUT2D eigenvalue weighted by Crippen LogP contribution is 2.34. The molecule has 0 spiro atoms. The third-order valence-corrected chi connectivity index (χ3v) is 7.95. The van der Waals surface area contributed by atoms with E-state index in [1.54, 1.807) is 42.5 Å². The van der Waals surface area contributed by atoms with E-state index in [-0.39, 0.29) is 10.3 Å².